The second-order valence-corrected chi connectivity index (χ2v) is 9.28. The van der Waals surface area contributed by atoms with Crippen LogP contribution in [0.2, 0.25) is 0 Å². The quantitative estimate of drug-likeness (QED) is 0.173. The molecule has 5 aromatic heterocycles. The van der Waals surface area contributed by atoms with Crippen LogP contribution in [0.3, 0.4) is 0 Å². The monoisotopic (exact) mass is 633 g/mol. The number of aromatic nitrogens is 11. The molecule has 0 aliphatic carbocycles. The van der Waals surface area contributed by atoms with E-state index < -0.39 is 11.9 Å². The lowest BCUT2D eigenvalue weighted by atomic mass is 10.3. The third-order valence-corrected chi connectivity index (χ3v) is 6.39. The number of azo groups is 2. The summed E-state index contributed by atoms with van der Waals surface area (Å²) in [7, 11) is 7.03. The van der Waals surface area contributed by atoms with Crippen LogP contribution in [0, 0.1) is 13.8 Å². The van der Waals surface area contributed by atoms with E-state index in [1.807, 2.05) is 0 Å². The number of carbonyl (C=O) groups excluding carboxylic acids is 2. The molecular formula is C24H27N17O5. The van der Waals surface area contributed by atoms with Gasteiger partial charge in [0.1, 0.15) is 11.1 Å². The van der Waals surface area contributed by atoms with Crippen molar-refractivity contribution in [1.82, 2.24) is 54.1 Å². The first-order chi connectivity index (χ1) is 22.0. The Bertz CT molecular complexity index is 1890. The topological polar surface area (TPSA) is 273 Å². The van der Waals surface area contributed by atoms with Gasteiger partial charge < -0.3 is 25.7 Å². The lowest BCUT2D eigenvalue weighted by Gasteiger charge is -2.08. The number of rotatable bonds is 9. The summed E-state index contributed by atoms with van der Waals surface area (Å²) < 4.78 is 19.9. The van der Waals surface area contributed by atoms with E-state index in [-0.39, 0.29) is 63.7 Å². The van der Waals surface area contributed by atoms with Crippen molar-refractivity contribution < 1.29 is 23.8 Å². The number of anilines is 2. The van der Waals surface area contributed by atoms with Crippen LogP contribution in [0.15, 0.2) is 32.9 Å². The van der Waals surface area contributed by atoms with Crippen molar-refractivity contribution in [2.24, 2.45) is 34.6 Å². The maximum absolute atomic E-state index is 12.1. The van der Waals surface area contributed by atoms with Crippen molar-refractivity contribution in [3.05, 3.63) is 34.9 Å². The zero-order valence-corrected chi connectivity index (χ0v) is 25.6. The lowest BCUT2D eigenvalue weighted by Crippen LogP contribution is -2.14. The first-order valence-electron chi connectivity index (χ1n) is 13.0. The number of hydrogen-bond acceptors (Lipinski definition) is 18. The van der Waals surface area contributed by atoms with Crippen LogP contribution in [0.5, 0.6) is 6.01 Å². The summed E-state index contributed by atoms with van der Waals surface area (Å²) in [5, 5.41) is 33.6. The Kier molecular flexibility index (Phi) is 8.16. The number of methoxy groups -OCH3 is 3. The molecular weight excluding hydrogens is 606 g/mol. The van der Waals surface area contributed by atoms with Crippen molar-refractivity contribution in [1.29, 1.82) is 0 Å². The first kappa shape index (κ1) is 30.8. The maximum Gasteiger partial charge on any atom is 0.343 e. The molecule has 0 fully saturated rings. The molecule has 0 radical (unpaired) electrons. The van der Waals surface area contributed by atoms with Crippen molar-refractivity contribution in [3.63, 3.8) is 0 Å². The second kappa shape index (κ2) is 12.2. The van der Waals surface area contributed by atoms with Gasteiger partial charge in [0.25, 0.3) is 11.9 Å². The van der Waals surface area contributed by atoms with Gasteiger partial charge in [-0.3, -0.25) is 0 Å². The molecule has 0 spiro atoms. The molecule has 0 bridgehead atoms. The SMILES string of the molecule is COC(=O)c1cnn(C)c1N=Nc1c(C)nn(-c2nc(OC)nc(-n3nc(C)c(N=Nc4c(C(=O)OC)cnn4C)c3N)n2)c1N. The summed E-state index contributed by atoms with van der Waals surface area (Å²) in [6, 6.07) is -0.110. The molecule has 22 heteroatoms. The van der Waals surface area contributed by atoms with E-state index >= 15 is 0 Å². The Morgan fingerprint density at radius 1 is 0.696 bits per heavy atom. The molecule has 46 heavy (non-hydrogen) atoms. The number of nitrogen functional groups attached to an aromatic ring is 2. The second-order valence-electron chi connectivity index (χ2n) is 9.28. The smallest absolute Gasteiger partial charge is 0.343 e. The van der Waals surface area contributed by atoms with Crippen LogP contribution in [-0.4, -0.2) is 87.3 Å². The van der Waals surface area contributed by atoms with E-state index in [1.165, 1.54) is 52.5 Å². The molecule has 0 aromatic carbocycles. The highest BCUT2D eigenvalue weighted by atomic mass is 16.5. The summed E-state index contributed by atoms with van der Waals surface area (Å²) in [5.41, 5.74) is 14.1. The lowest BCUT2D eigenvalue weighted by molar-refractivity contribution is 0.0592. The third-order valence-electron chi connectivity index (χ3n) is 6.39. The Morgan fingerprint density at radius 2 is 1.11 bits per heavy atom. The molecule has 22 nitrogen and oxygen atoms in total. The predicted molar refractivity (Wildman–Crippen MR) is 156 cm³/mol. The van der Waals surface area contributed by atoms with Crippen LogP contribution in [0.4, 0.5) is 34.6 Å². The summed E-state index contributed by atoms with van der Waals surface area (Å²) in [4.78, 5) is 37.1. The first-order valence-corrected chi connectivity index (χ1v) is 13.0. The molecule has 0 unspecified atom stereocenters. The molecule has 0 amide bonds. The van der Waals surface area contributed by atoms with Crippen LogP contribution in [0.25, 0.3) is 11.9 Å². The van der Waals surface area contributed by atoms with Gasteiger partial charge in [0, 0.05) is 14.1 Å². The molecule has 238 valence electrons. The van der Waals surface area contributed by atoms with Crippen LogP contribution in [-0.2, 0) is 23.6 Å². The number of nitrogens with zero attached hydrogens (tertiary/aromatic N) is 15. The van der Waals surface area contributed by atoms with Gasteiger partial charge in [0.2, 0.25) is 0 Å². The highest BCUT2D eigenvalue weighted by molar-refractivity contribution is 5.94. The van der Waals surface area contributed by atoms with E-state index in [0.717, 1.165) is 0 Å². The van der Waals surface area contributed by atoms with Gasteiger partial charge in [-0.25, -0.2) is 19.0 Å². The van der Waals surface area contributed by atoms with Crippen molar-refractivity contribution in [3.8, 4) is 17.9 Å². The van der Waals surface area contributed by atoms with Crippen LogP contribution >= 0.6 is 0 Å². The molecule has 5 rings (SSSR count). The van der Waals surface area contributed by atoms with E-state index in [9.17, 15) is 9.59 Å². The van der Waals surface area contributed by atoms with Crippen LogP contribution in [0.1, 0.15) is 32.1 Å². The van der Waals surface area contributed by atoms with Gasteiger partial charge in [-0.2, -0.15) is 44.7 Å². The molecule has 0 atom stereocenters. The minimum absolute atomic E-state index is 0.0129. The number of aryl methyl sites for hydroxylation is 4. The van der Waals surface area contributed by atoms with Gasteiger partial charge in [0.05, 0.1) is 45.1 Å². The normalized spacial score (nSPS) is 11.5. The fourth-order valence-corrected chi connectivity index (χ4v) is 4.04. The highest BCUT2D eigenvalue weighted by Gasteiger charge is 2.23. The van der Waals surface area contributed by atoms with Crippen molar-refractivity contribution in [2.45, 2.75) is 13.8 Å². The number of hydrogen-bond donors (Lipinski definition) is 2. The largest absolute Gasteiger partial charge is 0.467 e. The molecule has 5 aromatic rings. The Labute approximate surface area is 258 Å². The number of esters is 2. The number of carbonyl (C=O) groups is 2. The summed E-state index contributed by atoms with van der Waals surface area (Å²) >= 11 is 0. The maximum atomic E-state index is 12.1. The summed E-state index contributed by atoms with van der Waals surface area (Å²) in [6.07, 6.45) is 2.62. The van der Waals surface area contributed by atoms with E-state index in [4.69, 9.17) is 25.7 Å². The third kappa shape index (κ3) is 5.44. The number of nitrogens with two attached hydrogens (primary N) is 2. The minimum atomic E-state index is -0.632. The van der Waals surface area contributed by atoms with E-state index in [1.54, 1.807) is 27.9 Å². The zero-order valence-electron chi connectivity index (χ0n) is 25.6. The summed E-state index contributed by atoms with van der Waals surface area (Å²) in [6.45, 7) is 3.29. The van der Waals surface area contributed by atoms with Gasteiger partial charge in [-0.1, -0.05) is 0 Å². The van der Waals surface area contributed by atoms with Gasteiger partial charge >= 0.3 is 17.9 Å². The highest BCUT2D eigenvalue weighted by Crippen LogP contribution is 2.33. The molecule has 0 saturated heterocycles. The summed E-state index contributed by atoms with van der Waals surface area (Å²) in [5.74, 6) is -1.07. The number of ether oxygens (including phenoxy) is 3. The predicted octanol–water partition coefficient (Wildman–Crippen LogP) is 1.90. The van der Waals surface area contributed by atoms with Crippen molar-refractivity contribution in [2.75, 3.05) is 32.8 Å². The van der Waals surface area contributed by atoms with E-state index in [2.05, 4.69) is 55.8 Å². The Morgan fingerprint density at radius 3 is 1.48 bits per heavy atom. The zero-order chi connectivity index (χ0) is 33.3. The molecule has 5 heterocycles. The van der Waals surface area contributed by atoms with Gasteiger partial charge in [0.15, 0.2) is 34.6 Å². The average molecular weight is 634 g/mol. The fourth-order valence-electron chi connectivity index (χ4n) is 4.04. The Balaban J connectivity index is 1.53. The molecule has 0 aliphatic rings. The molecule has 4 N–H and O–H groups in total. The Hall–Kier alpha value is -6.61. The fraction of sp³-hybridized carbons (Fsp3) is 0.292. The molecule has 0 aliphatic heterocycles. The van der Waals surface area contributed by atoms with Gasteiger partial charge in [-0.05, 0) is 13.8 Å². The minimum Gasteiger partial charge on any atom is -0.467 e. The average Bonchev–Trinajstić information content (AvgIpc) is 3.77. The van der Waals surface area contributed by atoms with E-state index in [0.29, 0.717) is 11.4 Å². The van der Waals surface area contributed by atoms with Crippen molar-refractivity contribution >= 4 is 46.6 Å². The van der Waals surface area contributed by atoms with Gasteiger partial charge in [-0.15, -0.1) is 20.5 Å². The standard InChI is InChI=1S/C24H27N17O5/c1-10-14(32-34-18-12(20(42)44-5)8-27-38(18)3)16(25)40(36-10)22-29-23(31-24(30-22)46-7)41-17(26)15(11(2)37-41)33-35-19-13(21(43)45-6)9-28-39(19)4/h8-9H,25-26H2,1-7H3. The molecule has 0 saturated carbocycles. The van der Waals surface area contributed by atoms with Crippen LogP contribution < -0.4 is 16.2 Å².